The molecule has 0 fully saturated rings. The fourth-order valence-electron chi connectivity index (χ4n) is 2.60. The van der Waals surface area contributed by atoms with Gasteiger partial charge in [0.25, 0.3) is 15.9 Å². The molecule has 2 N–H and O–H groups in total. The van der Waals surface area contributed by atoms with Gasteiger partial charge >= 0.3 is 0 Å². The molecule has 0 bridgehead atoms. The van der Waals surface area contributed by atoms with Crippen LogP contribution >= 0.6 is 0 Å². The maximum Gasteiger partial charge on any atom is 0.261 e. The second-order valence-electron chi connectivity index (χ2n) is 6.01. The molecule has 0 spiro atoms. The zero-order chi connectivity index (χ0) is 19.3. The smallest absolute Gasteiger partial charge is 0.261 e. The molecular formula is C21H20N2O3S. The molecule has 0 heterocycles. The van der Waals surface area contributed by atoms with Crippen LogP contribution in [-0.2, 0) is 16.4 Å². The molecule has 3 aromatic carbocycles. The van der Waals surface area contributed by atoms with Crippen LogP contribution in [0.1, 0.15) is 22.8 Å². The maximum absolute atomic E-state index is 12.6. The molecule has 6 heteroatoms. The number of para-hydroxylation sites is 1. The number of hydrogen-bond donors (Lipinski definition) is 2. The third-order valence-corrected chi connectivity index (χ3v) is 5.40. The Balaban J connectivity index is 1.81. The summed E-state index contributed by atoms with van der Waals surface area (Å²) in [6, 6.07) is 22.1. The van der Waals surface area contributed by atoms with E-state index in [-0.39, 0.29) is 16.4 Å². The predicted octanol–water partition coefficient (Wildman–Crippen LogP) is 4.30. The Bertz CT molecular complexity index is 1050. The summed E-state index contributed by atoms with van der Waals surface area (Å²) in [5, 5.41) is 2.81. The Kier molecular flexibility index (Phi) is 5.57. The van der Waals surface area contributed by atoms with Crippen molar-refractivity contribution in [2.75, 3.05) is 10.0 Å². The van der Waals surface area contributed by atoms with Crippen LogP contribution in [0.3, 0.4) is 0 Å². The van der Waals surface area contributed by atoms with Gasteiger partial charge in [0, 0.05) is 16.9 Å². The number of carbonyl (C=O) groups excluding carboxylic acids is 1. The molecule has 0 unspecified atom stereocenters. The minimum absolute atomic E-state index is 0.0290. The number of aryl methyl sites for hydroxylation is 1. The SMILES string of the molecule is CCc1cccc(NC(=O)c2cccc(S(=O)(=O)Nc3ccccc3)c2)c1. The van der Waals surface area contributed by atoms with Gasteiger partial charge in [-0.1, -0.05) is 43.3 Å². The summed E-state index contributed by atoms with van der Waals surface area (Å²) in [7, 11) is -3.78. The summed E-state index contributed by atoms with van der Waals surface area (Å²) in [5.74, 6) is -0.361. The average molecular weight is 380 g/mol. The van der Waals surface area contributed by atoms with E-state index in [2.05, 4.69) is 10.0 Å². The monoisotopic (exact) mass is 380 g/mol. The molecule has 0 aliphatic carbocycles. The molecule has 138 valence electrons. The minimum atomic E-state index is -3.78. The maximum atomic E-state index is 12.6. The zero-order valence-electron chi connectivity index (χ0n) is 14.8. The van der Waals surface area contributed by atoms with Gasteiger partial charge in [-0.2, -0.15) is 0 Å². The topological polar surface area (TPSA) is 75.3 Å². The number of hydrogen-bond acceptors (Lipinski definition) is 3. The van der Waals surface area contributed by atoms with Crippen molar-refractivity contribution in [1.82, 2.24) is 0 Å². The van der Waals surface area contributed by atoms with Gasteiger partial charge in [0.1, 0.15) is 0 Å². The van der Waals surface area contributed by atoms with Crippen molar-refractivity contribution >= 4 is 27.3 Å². The lowest BCUT2D eigenvalue weighted by Gasteiger charge is -2.10. The number of anilines is 2. The van der Waals surface area contributed by atoms with Gasteiger partial charge in [-0.15, -0.1) is 0 Å². The van der Waals surface area contributed by atoms with Crippen molar-refractivity contribution in [2.45, 2.75) is 18.2 Å². The Morgan fingerprint density at radius 1 is 0.852 bits per heavy atom. The van der Waals surface area contributed by atoms with E-state index in [1.165, 1.54) is 12.1 Å². The first-order valence-electron chi connectivity index (χ1n) is 8.56. The minimum Gasteiger partial charge on any atom is -0.322 e. The molecule has 5 nitrogen and oxygen atoms in total. The van der Waals surface area contributed by atoms with E-state index in [0.29, 0.717) is 11.4 Å². The van der Waals surface area contributed by atoms with E-state index < -0.39 is 10.0 Å². The van der Waals surface area contributed by atoms with Crippen LogP contribution in [0.4, 0.5) is 11.4 Å². The zero-order valence-corrected chi connectivity index (χ0v) is 15.7. The summed E-state index contributed by atoms with van der Waals surface area (Å²) < 4.78 is 27.7. The highest BCUT2D eigenvalue weighted by molar-refractivity contribution is 7.92. The van der Waals surface area contributed by atoms with Crippen molar-refractivity contribution in [3.63, 3.8) is 0 Å². The molecule has 1 amide bonds. The van der Waals surface area contributed by atoms with Gasteiger partial charge < -0.3 is 5.32 Å². The van der Waals surface area contributed by atoms with Crippen molar-refractivity contribution in [3.05, 3.63) is 90.0 Å². The second kappa shape index (κ2) is 8.05. The van der Waals surface area contributed by atoms with E-state index >= 15 is 0 Å². The Morgan fingerprint density at radius 3 is 2.30 bits per heavy atom. The fraction of sp³-hybridized carbons (Fsp3) is 0.0952. The quantitative estimate of drug-likeness (QED) is 0.669. The predicted molar refractivity (Wildman–Crippen MR) is 107 cm³/mol. The van der Waals surface area contributed by atoms with Crippen LogP contribution in [-0.4, -0.2) is 14.3 Å². The lowest BCUT2D eigenvalue weighted by Crippen LogP contribution is -2.16. The number of nitrogens with one attached hydrogen (secondary N) is 2. The third-order valence-electron chi connectivity index (χ3n) is 4.03. The van der Waals surface area contributed by atoms with Gasteiger partial charge in [-0.05, 0) is 54.4 Å². The first-order valence-corrected chi connectivity index (χ1v) is 10.0. The van der Waals surface area contributed by atoms with Gasteiger partial charge in [0.05, 0.1) is 4.90 Å². The lowest BCUT2D eigenvalue weighted by molar-refractivity contribution is 0.102. The largest absolute Gasteiger partial charge is 0.322 e. The summed E-state index contributed by atoms with van der Waals surface area (Å²) >= 11 is 0. The number of benzene rings is 3. The van der Waals surface area contributed by atoms with Crippen molar-refractivity contribution in [2.24, 2.45) is 0 Å². The molecule has 0 saturated carbocycles. The Labute approximate surface area is 159 Å². The standard InChI is InChI=1S/C21H20N2O3S/c1-2-16-8-6-12-19(14-16)22-21(24)17-9-7-13-20(15-17)27(25,26)23-18-10-4-3-5-11-18/h3-15,23H,2H2,1H3,(H,22,24). The lowest BCUT2D eigenvalue weighted by atomic mass is 10.1. The van der Waals surface area contributed by atoms with Crippen LogP contribution in [0, 0.1) is 0 Å². The second-order valence-corrected chi connectivity index (χ2v) is 7.69. The summed E-state index contributed by atoms with van der Waals surface area (Å²) in [6.45, 7) is 2.04. The van der Waals surface area contributed by atoms with Crippen LogP contribution in [0.2, 0.25) is 0 Å². The number of amides is 1. The van der Waals surface area contributed by atoms with E-state index in [0.717, 1.165) is 12.0 Å². The van der Waals surface area contributed by atoms with E-state index in [1.54, 1.807) is 48.5 Å². The van der Waals surface area contributed by atoms with E-state index in [9.17, 15) is 13.2 Å². The molecule has 3 rings (SSSR count). The molecule has 0 saturated heterocycles. The molecule has 0 aromatic heterocycles. The summed E-state index contributed by atoms with van der Waals surface area (Å²) in [6.07, 6.45) is 0.864. The van der Waals surface area contributed by atoms with Gasteiger partial charge in [0.2, 0.25) is 0 Å². The molecule has 0 aliphatic rings. The first kappa shape index (κ1) is 18.7. The van der Waals surface area contributed by atoms with E-state index in [4.69, 9.17) is 0 Å². The van der Waals surface area contributed by atoms with E-state index in [1.807, 2.05) is 25.1 Å². The first-order chi connectivity index (χ1) is 13.0. The van der Waals surface area contributed by atoms with Crippen LogP contribution < -0.4 is 10.0 Å². The fourth-order valence-corrected chi connectivity index (χ4v) is 3.70. The van der Waals surface area contributed by atoms with Crippen molar-refractivity contribution in [1.29, 1.82) is 0 Å². The normalized spacial score (nSPS) is 11.0. The van der Waals surface area contributed by atoms with Gasteiger partial charge in [-0.25, -0.2) is 8.42 Å². The Morgan fingerprint density at radius 2 is 1.56 bits per heavy atom. The highest BCUT2D eigenvalue weighted by atomic mass is 32.2. The van der Waals surface area contributed by atoms with Crippen LogP contribution in [0.25, 0.3) is 0 Å². The molecule has 0 atom stereocenters. The van der Waals surface area contributed by atoms with Crippen LogP contribution in [0.5, 0.6) is 0 Å². The molecule has 0 aliphatic heterocycles. The third kappa shape index (κ3) is 4.74. The molecule has 0 radical (unpaired) electrons. The molecular weight excluding hydrogens is 360 g/mol. The number of carbonyl (C=O) groups is 1. The van der Waals surface area contributed by atoms with Crippen LogP contribution in [0.15, 0.2) is 83.8 Å². The molecule has 3 aromatic rings. The number of rotatable bonds is 6. The summed E-state index contributed by atoms with van der Waals surface area (Å²) in [5.41, 5.74) is 2.52. The number of sulfonamides is 1. The van der Waals surface area contributed by atoms with Gasteiger partial charge in [0.15, 0.2) is 0 Å². The Hall–Kier alpha value is -3.12. The highest BCUT2D eigenvalue weighted by Crippen LogP contribution is 2.18. The highest BCUT2D eigenvalue weighted by Gasteiger charge is 2.16. The van der Waals surface area contributed by atoms with Crippen molar-refractivity contribution in [3.8, 4) is 0 Å². The van der Waals surface area contributed by atoms with Gasteiger partial charge in [-0.3, -0.25) is 9.52 Å². The molecule has 27 heavy (non-hydrogen) atoms. The summed E-state index contributed by atoms with van der Waals surface area (Å²) in [4.78, 5) is 12.6. The average Bonchev–Trinajstić information content (AvgIpc) is 2.68. The van der Waals surface area contributed by atoms with Crippen molar-refractivity contribution < 1.29 is 13.2 Å².